The molecule has 1 aromatic rings. The molecule has 0 aromatic carbocycles. The first-order valence-electron chi connectivity index (χ1n) is 5.72. The van der Waals surface area contributed by atoms with Gasteiger partial charge in [0.05, 0.1) is 5.01 Å². The molecular weight excluding hydrogens is 206 g/mol. The zero-order valence-corrected chi connectivity index (χ0v) is 9.80. The number of nitrogens with one attached hydrogen (secondary N) is 1. The van der Waals surface area contributed by atoms with E-state index in [1.807, 2.05) is 11.6 Å². The molecule has 0 saturated heterocycles. The molecule has 1 aliphatic rings. The Labute approximate surface area is 95.1 Å². The summed E-state index contributed by atoms with van der Waals surface area (Å²) in [6.07, 6.45) is 7.81. The number of thiazole rings is 1. The van der Waals surface area contributed by atoms with E-state index < -0.39 is 0 Å². The van der Waals surface area contributed by atoms with E-state index in [1.165, 1.54) is 24.3 Å². The maximum Gasteiger partial charge on any atom is 0.0937 e. The molecule has 1 saturated carbocycles. The Balaban J connectivity index is 1.65. The average molecular weight is 225 g/mol. The van der Waals surface area contributed by atoms with Crippen LogP contribution in [0, 0.1) is 0 Å². The van der Waals surface area contributed by atoms with Crippen LogP contribution in [0.15, 0.2) is 11.6 Å². The van der Waals surface area contributed by atoms with Crippen LogP contribution in [0.3, 0.4) is 0 Å². The molecule has 1 aliphatic carbocycles. The molecule has 0 amide bonds. The van der Waals surface area contributed by atoms with Crippen molar-refractivity contribution in [2.24, 2.45) is 5.73 Å². The first kappa shape index (κ1) is 11.0. The van der Waals surface area contributed by atoms with E-state index in [0.717, 1.165) is 19.4 Å². The first-order valence-corrected chi connectivity index (χ1v) is 6.60. The molecule has 84 valence electrons. The molecule has 2 rings (SSSR count). The van der Waals surface area contributed by atoms with E-state index in [1.54, 1.807) is 11.3 Å². The minimum atomic E-state index is 0.413. The summed E-state index contributed by atoms with van der Waals surface area (Å²) < 4.78 is 0. The predicted octanol–water partition coefficient (Wildman–Crippen LogP) is 1.55. The van der Waals surface area contributed by atoms with Gasteiger partial charge in [0.2, 0.25) is 0 Å². The topological polar surface area (TPSA) is 50.9 Å². The highest BCUT2D eigenvalue weighted by molar-refractivity contribution is 7.09. The molecule has 2 atom stereocenters. The SMILES string of the molecule is NC1CCCC(NCCc2nccs2)C1. The third kappa shape index (κ3) is 3.55. The maximum absolute atomic E-state index is 5.94. The van der Waals surface area contributed by atoms with E-state index in [4.69, 9.17) is 5.73 Å². The van der Waals surface area contributed by atoms with Crippen molar-refractivity contribution in [1.29, 1.82) is 0 Å². The van der Waals surface area contributed by atoms with Crippen molar-refractivity contribution in [2.45, 2.75) is 44.2 Å². The van der Waals surface area contributed by atoms with Crippen LogP contribution >= 0.6 is 11.3 Å². The fourth-order valence-corrected chi connectivity index (χ4v) is 2.79. The molecule has 1 fully saturated rings. The standard InChI is InChI=1S/C11H19N3S/c12-9-2-1-3-10(8-9)13-5-4-11-14-6-7-15-11/h6-7,9-10,13H,1-5,8,12H2. The van der Waals surface area contributed by atoms with Gasteiger partial charge in [0.1, 0.15) is 0 Å². The van der Waals surface area contributed by atoms with Crippen LogP contribution in [-0.2, 0) is 6.42 Å². The molecule has 1 aromatic heterocycles. The second kappa shape index (κ2) is 5.58. The van der Waals surface area contributed by atoms with Crippen molar-refractivity contribution in [3.63, 3.8) is 0 Å². The Hall–Kier alpha value is -0.450. The Morgan fingerprint density at radius 2 is 2.47 bits per heavy atom. The molecule has 0 spiro atoms. The fraction of sp³-hybridized carbons (Fsp3) is 0.727. The number of nitrogens with two attached hydrogens (primary N) is 1. The monoisotopic (exact) mass is 225 g/mol. The van der Waals surface area contributed by atoms with Gasteiger partial charge in [0, 0.05) is 36.6 Å². The summed E-state index contributed by atoms with van der Waals surface area (Å²) in [5, 5.41) is 6.84. The van der Waals surface area contributed by atoms with Gasteiger partial charge in [-0.2, -0.15) is 0 Å². The highest BCUT2D eigenvalue weighted by Crippen LogP contribution is 2.16. The second-order valence-electron chi connectivity index (χ2n) is 4.25. The lowest BCUT2D eigenvalue weighted by Gasteiger charge is -2.27. The van der Waals surface area contributed by atoms with Gasteiger partial charge in [-0.15, -0.1) is 11.3 Å². The van der Waals surface area contributed by atoms with Crippen molar-refractivity contribution in [3.8, 4) is 0 Å². The summed E-state index contributed by atoms with van der Waals surface area (Å²) >= 11 is 1.73. The lowest BCUT2D eigenvalue weighted by atomic mass is 9.91. The third-order valence-corrected chi connectivity index (χ3v) is 3.81. The van der Waals surface area contributed by atoms with Crippen LogP contribution in [0.4, 0.5) is 0 Å². The van der Waals surface area contributed by atoms with Gasteiger partial charge in [-0.3, -0.25) is 0 Å². The van der Waals surface area contributed by atoms with E-state index in [2.05, 4.69) is 10.3 Å². The molecule has 0 bridgehead atoms. The first-order chi connectivity index (χ1) is 7.34. The number of nitrogens with zero attached hydrogens (tertiary/aromatic N) is 1. The lowest BCUT2D eigenvalue weighted by molar-refractivity contribution is 0.341. The molecule has 1 heterocycles. The molecule has 4 heteroatoms. The van der Waals surface area contributed by atoms with E-state index >= 15 is 0 Å². The van der Waals surface area contributed by atoms with Gasteiger partial charge >= 0.3 is 0 Å². The normalized spacial score (nSPS) is 26.7. The number of rotatable bonds is 4. The number of hydrogen-bond acceptors (Lipinski definition) is 4. The summed E-state index contributed by atoms with van der Waals surface area (Å²) in [5.74, 6) is 0. The Morgan fingerprint density at radius 3 is 3.20 bits per heavy atom. The lowest BCUT2D eigenvalue weighted by Crippen LogP contribution is -2.40. The largest absolute Gasteiger partial charge is 0.328 e. The smallest absolute Gasteiger partial charge is 0.0937 e. The summed E-state index contributed by atoms with van der Waals surface area (Å²) in [4.78, 5) is 4.27. The van der Waals surface area contributed by atoms with Crippen molar-refractivity contribution < 1.29 is 0 Å². The number of hydrogen-bond donors (Lipinski definition) is 2. The zero-order valence-electron chi connectivity index (χ0n) is 8.98. The molecular formula is C11H19N3S. The van der Waals surface area contributed by atoms with E-state index in [9.17, 15) is 0 Å². The number of aromatic nitrogens is 1. The minimum Gasteiger partial charge on any atom is -0.328 e. The quantitative estimate of drug-likeness (QED) is 0.817. The van der Waals surface area contributed by atoms with Crippen molar-refractivity contribution in [3.05, 3.63) is 16.6 Å². The third-order valence-electron chi connectivity index (χ3n) is 2.97. The molecule has 3 N–H and O–H groups in total. The van der Waals surface area contributed by atoms with Gasteiger partial charge in [-0.25, -0.2) is 4.98 Å². The van der Waals surface area contributed by atoms with Gasteiger partial charge in [0.15, 0.2) is 0 Å². The summed E-state index contributed by atoms with van der Waals surface area (Å²) in [5.41, 5.74) is 5.94. The Bertz CT molecular complexity index is 273. The van der Waals surface area contributed by atoms with Gasteiger partial charge < -0.3 is 11.1 Å². The van der Waals surface area contributed by atoms with Crippen LogP contribution in [0.2, 0.25) is 0 Å². The highest BCUT2D eigenvalue weighted by atomic mass is 32.1. The predicted molar refractivity (Wildman–Crippen MR) is 64.1 cm³/mol. The average Bonchev–Trinajstić information content (AvgIpc) is 2.71. The molecule has 0 aliphatic heterocycles. The Morgan fingerprint density at radius 1 is 1.53 bits per heavy atom. The summed E-state index contributed by atoms with van der Waals surface area (Å²) in [6, 6.07) is 1.05. The second-order valence-corrected chi connectivity index (χ2v) is 5.23. The Kier molecular flexibility index (Phi) is 4.11. The molecule has 2 unspecified atom stereocenters. The minimum absolute atomic E-state index is 0.413. The summed E-state index contributed by atoms with van der Waals surface area (Å²) in [6.45, 7) is 1.03. The van der Waals surface area contributed by atoms with E-state index in [-0.39, 0.29) is 0 Å². The van der Waals surface area contributed by atoms with Crippen LogP contribution in [-0.4, -0.2) is 23.6 Å². The van der Waals surface area contributed by atoms with Crippen molar-refractivity contribution in [2.75, 3.05) is 6.54 Å². The summed E-state index contributed by atoms with van der Waals surface area (Å²) in [7, 11) is 0. The van der Waals surface area contributed by atoms with Gasteiger partial charge in [0.25, 0.3) is 0 Å². The maximum atomic E-state index is 5.94. The highest BCUT2D eigenvalue weighted by Gasteiger charge is 2.18. The molecule has 0 radical (unpaired) electrons. The van der Waals surface area contributed by atoms with Crippen molar-refractivity contribution >= 4 is 11.3 Å². The van der Waals surface area contributed by atoms with Crippen LogP contribution in [0.25, 0.3) is 0 Å². The zero-order chi connectivity index (χ0) is 10.5. The fourth-order valence-electron chi connectivity index (χ4n) is 2.17. The van der Waals surface area contributed by atoms with E-state index in [0.29, 0.717) is 12.1 Å². The molecule has 3 nitrogen and oxygen atoms in total. The van der Waals surface area contributed by atoms with Crippen molar-refractivity contribution in [1.82, 2.24) is 10.3 Å². The van der Waals surface area contributed by atoms with Crippen LogP contribution < -0.4 is 11.1 Å². The van der Waals surface area contributed by atoms with Crippen LogP contribution in [0.1, 0.15) is 30.7 Å². The van der Waals surface area contributed by atoms with Gasteiger partial charge in [-0.05, 0) is 19.3 Å². The molecule has 15 heavy (non-hydrogen) atoms. The van der Waals surface area contributed by atoms with Crippen LogP contribution in [0.5, 0.6) is 0 Å². The van der Waals surface area contributed by atoms with Gasteiger partial charge in [-0.1, -0.05) is 6.42 Å².